The average molecular weight is 236 g/mol. The van der Waals surface area contributed by atoms with Gasteiger partial charge < -0.3 is 5.73 Å². The van der Waals surface area contributed by atoms with Crippen molar-refractivity contribution in [3.05, 3.63) is 52.3 Å². The highest BCUT2D eigenvalue weighted by atomic mass is 35.5. The van der Waals surface area contributed by atoms with Gasteiger partial charge in [-0.1, -0.05) is 23.7 Å². The van der Waals surface area contributed by atoms with E-state index in [0.29, 0.717) is 0 Å². The number of nitrogens with zero attached hydrogens (tertiary/aromatic N) is 2. The van der Waals surface area contributed by atoms with Gasteiger partial charge in [-0.2, -0.15) is 5.10 Å². The minimum absolute atomic E-state index is 0.174. The van der Waals surface area contributed by atoms with E-state index in [2.05, 4.69) is 5.10 Å². The highest BCUT2D eigenvalue weighted by Crippen LogP contribution is 2.24. The van der Waals surface area contributed by atoms with Crippen molar-refractivity contribution in [3.63, 3.8) is 0 Å². The minimum atomic E-state index is -0.174. The van der Waals surface area contributed by atoms with Gasteiger partial charge in [-0.05, 0) is 24.1 Å². The molecule has 0 saturated heterocycles. The van der Waals surface area contributed by atoms with E-state index in [1.807, 2.05) is 38.4 Å². The summed E-state index contributed by atoms with van der Waals surface area (Å²) in [6.07, 6.45) is 3.69. The maximum absolute atomic E-state index is 6.14. The fourth-order valence-corrected chi connectivity index (χ4v) is 1.78. The molecule has 1 heterocycles. The van der Waals surface area contributed by atoms with Gasteiger partial charge in [0.05, 0.1) is 12.2 Å². The summed E-state index contributed by atoms with van der Waals surface area (Å²) in [5, 5.41) is 4.85. The van der Waals surface area contributed by atoms with Crippen LogP contribution >= 0.6 is 11.6 Å². The molecule has 4 heteroatoms. The Morgan fingerprint density at radius 2 is 2.12 bits per heavy atom. The first-order valence-corrected chi connectivity index (χ1v) is 5.46. The number of aromatic nitrogens is 2. The molecular formula is C12H14ClN3. The maximum atomic E-state index is 6.14. The Kier molecular flexibility index (Phi) is 2.99. The van der Waals surface area contributed by atoms with E-state index in [1.54, 1.807) is 10.9 Å². The lowest BCUT2D eigenvalue weighted by molar-refractivity contribution is 0.765. The topological polar surface area (TPSA) is 43.8 Å². The molecule has 1 atom stereocenters. The van der Waals surface area contributed by atoms with Gasteiger partial charge in [0.25, 0.3) is 0 Å². The van der Waals surface area contributed by atoms with E-state index in [0.717, 1.165) is 21.7 Å². The zero-order chi connectivity index (χ0) is 11.7. The third-order valence-corrected chi connectivity index (χ3v) is 3.05. The monoisotopic (exact) mass is 235 g/mol. The average Bonchev–Trinajstić information content (AvgIpc) is 2.68. The summed E-state index contributed by atoms with van der Waals surface area (Å²) in [5.41, 5.74) is 9.19. The van der Waals surface area contributed by atoms with Gasteiger partial charge in [0.15, 0.2) is 0 Å². The standard InChI is InChI=1S/C12H14ClN3/c1-8-3-4-9(5-11(8)13)12(14)10-6-15-16(2)7-10/h3-7,12H,14H2,1-2H3. The van der Waals surface area contributed by atoms with Crippen LogP contribution in [-0.4, -0.2) is 9.78 Å². The number of nitrogens with two attached hydrogens (primary N) is 1. The van der Waals surface area contributed by atoms with Gasteiger partial charge in [0.2, 0.25) is 0 Å². The van der Waals surface area contributed by atoms with Gasteiger partial charge in [-0.3, -0.25) is 4.68 Å². The van der Waals surface area contributed by atoms with Crippen molar-refractivity contribution in [1.29, 1.82) is 0 Å². The number of hydrogen-bond donors (Lipinski definition) is 1. The number of aryl methyl sites for hydroxylation is 2. The van der Waals surface area contributed by atoms with E-state index < -0.39 is 0 Å². The lowest BCUT2D eigenvalue weighted by Gasteiger charge is -2.11. The van der Waals surface area contributed by atoms with Crippen LogP contribution in [-0.2, 0) is 7.05 Å². The third kappa shape index (κ3) is 2.10. The molecule has 0 fully saturated rings. The second kappa shape index (κ2) is 4.28. The van der Waals surface area contributed by atoms with Crippen LogP contribution in [0.25, 0.3) is 0 Å². The quantitative estimate of drug-likeness (QED) is 0.869. The molecule has 1 unspecified atom stereocenters. The molecule has 16 heavy (non-hydrogen) atoms. The van der Waals surface area contributed by atoms with Crippen LogP contribution in [0.3, 0.4) is 0 Å². The van der Waals surface area contributed by atoms with Crippen LogP contribution in [0.4, 0.5) is 0 Å². The van der Waals surface area contributed by atoms with E-state index in [9.17, 15) is 0 Å². The van der Waals surface area contributed by atoms with Crippen LogP contribution in [0.2, 0.25) is 5.02 Å². The van der Waals surface area contributed by atoms with Gasteiger partial charge in [0, 0.05) is 23.8 Å². The zero-order valence-electron chi connectivity index (χ0n) is 9.31. The van der Waals surface area contributed by atoms with Crippen molar-refractivity contribution in [3.8, 4) is 0 Å². The summed E-state index contributed by atoms with van der Waals surface area (Å²) in [6.45, 7) is 1.97. The lowest BCUT2D eigenvalue weighted by atomic mass is 10.0. The van der Waals surface area contributed by atoms with Crippen LogP contribution in [0.1, 0.15) is 22.7 Å². The summed E-state index contributed by atoms with van der Waals surface area (Å²) in [7, 11) is 1.87. The molecule has 0 saturated carbocycles. The molecule has 0 aliphatic heterocycles. The largest absolute Gasteiger partial charge is 0.320 e. The Labute approximate surface area is 99.8 Å². The zero-order valence-corrected chi connectivity index (χ0v) is 10.1. The Hall–Kier alpha value is -1.32. The molecule has 84 valence electrons. The van der Waals surface area contributed by atoms with Gasteiger partial charge in [0.1, 0.15) is 0 Å². The maximum Gasteiger partial charge on any atom is 0.0583 e. The number of benzene rings is 1. The van der Waals surface area contributed by atoms with Crippen molar-refractivity contribution in [2.45, 2.75) is 13.0 Å². The van der Waals surface area contributed by atoms with Crippen molar-refractivity contribution < 1.29 is 0 Å². The van der Waals surface area contributed by atoms with Crippen LogP contribution in [0.5, 0.6) is 0 Å². The number of rotatable bonds is 2. The second-order valence-electron chi connectivity index (χ2n) is 3.93. The predicted molar refractivity (Wildman–Crippen MR) is 65.4 cm³/mol. The van der Waals surface area contributed by atoms with E-state index in [1.165, 1.54) is 0 Å². The second-order valence-corrected chi connectivity index (χ2v) is 4.34. The first-order valence-electron chi connectivity index (χ1n) is 5.08. The molecule has 3 nitrogen and oxygen atoms in total. The molecule has 1 aromatic carbocycles. The minimum Gasteiger partial charge on any atom is -0.320 e. The molecule has 1 aromatic heterocycles. The summed E-state index contributed by atoms with van der Waals surface area (Å²) in [6, 6.07) is 5.72. The fraction of sp³-hybridized carbons (Fsp3) is 0.250. The molecule has 2 rings (SSSR count). The molecule has 2 N–H and O–H groups in total. The summed E-state index contributed by atoms with van der Waals surface area (Å²) >= 11 is 6.07. The summed E-state index contributed by atoms with van der Waals surface area (Å²) in [4.78, 5) is 0. The molecular weight excluding hydrogens is 222 g/mol. The molecule has 0 spiro atoms. The van der Waals surface area contributed by atoms with Crippen LogP contribution in [0.15, 0.2) is 30.6 Å². The fourth-order valence-electron chi connectivity index (χ4n) is 1.60. The third-order valence-electron chi connectivity index (χ3n) is 2.64. The van der Waals surface area contributed by atoms with Gasteiger partial charge >= 0.3 is 0 Å². The molecule has 2 aromatic rings. The van der Waals surface area contributed by atoms with E-state index in [4.69, 9.17) is 17.3 Å². The van der Waals surface area contributed by atoms with Crippen molar-refractivity contribution in [1.82, 2.24) is 9.78 Å². The lowest BCUT2D eigenvalue weighted by Crippen LogP contribution is -2.11. The van der Waals surface area contributed by atoms with E-state index >= 15 is 0 Å². The molecule has 0 aliphatic carbocycles. The van der Waals surface area contributed by atoms with Crippen molar-refractivity contribution in [2.24, 2.45) is 12.8 Å². The number of halogens is 1. The first kappa shape index (κ1) is 11.2. The SMILES string of the molecule is Cc1ccc(C(N)c2cnn(C)c2)cc1Cl. The predicted octanol–water partition coefficient (Wildman–Crippen LogP) is 2.43. The van der Waals surface area contributed by atoms with E-state index in [-0.39, 0.29) is 6.04 Å². The Balaban J connectivity index is 2.33. The highest BCUT2D eigenvalue weighted by molar-refractivity contribution is 6.31. The highest BCUT2D eigenvalue weighted by Gasteiger charge is 2.11. The first-order chi connectivity index (χ1) is 7.58. The summed E-state index contributed by atoms with van der Waals surface area (Å²) in [5.74, 6) is 0. The Bertz CT molecular complexity index is 505. The van der Waals surface area contributed by atoms with Crippen LogP contribution in [0, 0.1) is 6.92 Å². The normalized spacial score (nSPS) is 12.8. The Morgan fingerprint density at radius 3 is 2.69 bits per heavy atom. The summed E-state index contributed by atoms with van der Waals surface area (Å²) < 4.78 is 1.74. The molecule has 0 amide bonds. The molecule has 0 radical (unpaired) electrons. The smallest absolute Gasteiger partial charge is 0.0583 e. The Morgan fingerprint density at radius 1 is 1.38 bits per heavy atom. The van der Waals surface area contributed by atoms with Gasteiger partial charge in [-0.15, -0.1) is 0 Å². The van der Waals surface area contributed by atoms with Gasteiger partial charge in [-0.25, -0.2) is 0 Å². The van der Waals surface area contributed by atoms with Crippen LogP contribution < -0.4 is 5.73 Å². The molecule has 0 aliphatic rings. The molecule has 0 bridgehead atoms. The number of hydrogen-bond acceptors (Lipinski definition) is 2. The van der Waals surface area contributed by atoms with Crippen molar-refractivity contribution in [2.75, 3.05) is 0 Å². The van der Waals surface area contributed by atoms with Crippen molar-refractivity contribution >= 4 is 11.6 Å².